The SMILES string of the molecule is Cc1[nH]c(=O)c2nnc(C3(C)CC3)n2c1C. The number of nitrogens with one attached hydrogen (secondary N) is 1. The molecule has 0 bridgehead atoms. The molecule has 0 aliphatic heterocycles. The molecule has 1 aliphatic rings. The van der Waals surface area contributed by atoms with Crippen molar-refractivity contribution < 1.29 is 0 Å². The van der Waals surface area contributed by atoms with Crippen molar-refractivity contribution in [3.63, 3.8) is 0 Å². The van der Waals surface area contributed by atoms with Crippen LogP contribution in [0.3, 0.4) is 0 Å². The molecule has 0 amide bonds. The van der Waals surface area contributed by atoms with Gasteiger partial charge >= 0.3 is 0 Å². The number of aromatic nitrogens is 4. The highest BCUT2D eigenvalue weighted by Crippen LogP contribution is 2.46. The number of hydrogen-bond donors (Lipinski definition) is 1. The number of nitrogens with zero attached hydrogens (tertiary/aromatic N) is 3. The van der Waals surface area contributed by atoms with Gasteiger partial charge in [0.05, 0.1) is 0 Å². The van der Waals surface area contributed by atoms with E-state index in [1.54, 1.807) is 0 Å². The third-order valence-corrected chi connectivity index (χ3v) is 3.59. The maximum Gasteiger partial charge on any atom is 0.293 e. The van der Waals surface area contributed by atoms with E-state index < -0.39 is 0 Å². The minimum atomic E-state index is -0.161. The lowest BCUT2D eigenvalue weighted by molar-refractivity contribution is 0.688. The summed E-state index contributed by atoms with van der Waals surface area (Å²) in [6, 6.07) is 0. The molecule has 1 aliphatic carbocycles. The molecule has 2 aromatic rings. The average Bonchev–Trinajstić information content (AvgIpc) is 2.82. The summed E-state index contributed by atoms with van der Waals surface area (Å²) in [7, 11) is 0. The zero-order valence-electron chi connectivity index (χ0n) is 9.66. The predicted octanol–water partition coefficient (Wildman–Crippen LogP) is 1.09. The molecule has 2 heterocycles. The topological polar surface area (TPSA) is 63.0 Å². The van der Waals surface area contributed by atoms with E-state index in [9.17, 15) is 4.79 Å². The standard InChI is InChI=1S/C11H14N4O/c1-6-7(2)15-8(9(16)12-6)13-14-10(15)11(3)4-5-11/h4-5H2,1-3H3,(H,12,16). The van der Waals surface area contributed by atoms with Gasteiger partial charge < -0.3 is 4.98 Å². The Morgan fingerprint density at radius 1 is 1.31 bits per heavy atom. The van der Waals surface area contributed by atoms with E-state index in [2.05, 4.69) is 22.1 Å². The van der Waals surface area contributed by atoms with Crippen LogP contribution in [0, 0.1) is 13.8 Å². The number of fused-ring (bicyclic) bond motifs is 1. The maximum absolute atomic E-state index is 11.7. The Labute approximate surface area is 92.5 Å². The fourth-order valence-corrected chi connectivity index (χ4v) is 2.04. The maximum atomic E-state index is 11.7. The summed E-state index contributed by atoms with van der Waals surface area (Å²) in [5, 5.41) is 8.18. The average molecular weight is 218 g/mol. The first-order valence-electron chi connectivity index (χ1n) is 5.48. The number of aromatic amines is 1. The normalized spacial score (nSPS) is 17.9. The monoisotopic (exact) mass is 218 g/mol. The number of aryl methyl sites for hydroxylation is 2. The summed E-state index contributed by atoms with van der Waals surface area (Å²) in [5.74, 6) is 0.925. The van der Waals surface area contributed by atoms with Gasteiger partial charge in [0.1, 0.15) is 5.82 Å². The van der Waals surface area contributed by atoms with Crippen molar-refractivity contribution in [3.05, 3.63) is 27.6 Å². The first kappa shape index (κ1) is 9.57. The highest BCUT2D eigenvalue weighted by Gasteiger charge is 2.43. The van der Waals surface area contributed by atoms with Gasteiger partial charge in [-0.1, -0.05) is 6.92 Å². The Morgan fingerprint density at radius 2 is 2.00 bits per heavy atom. The van der Waals surface area contributed by atoms with Crippen LogP contribution in [-0.2, 0) is 5.41 Å². The fourth-order valence-electron chi connectivity index (χ4n) is 2.04. The van der Waals surface area contributed by atoms with E-state index in [4.69, 9.17) is 0 Å². The van der Waals surface area contributed by atoms with Crippen LogP contribution in [0.4, 0.5) is 0 Å². The molecule has 0 spiro atoms. The van der Waals surface area contributed by atoms with Crippen LogP contribution in [-0.4, -0.2) is 19.6 Å². The minimum Gasteiger partial charge on any atom is -0.321 e. The van der Waals surface area contributed by atoms with Gasteiger partial charge in [-0.15, -0.1) is 10.2 Å². The van der Waals surface area contributed by atoms with Crippen molar-refractivity contribution in [2.75, 3.05) is 0 Å². The molecule has 0 atom stereocenters. The lowest BCUT2D eigenvalue weighted by Gasteiger charge is -2.09. The molecule has 5 heteroatoms. The summed E-state index contributed by atoms with van der Waals surface area (Å²) >= 11 is 0. The highest BCUT2D eigenvalue weighted by molar-refractivity contribution is 5.40. The molecule has 0 aromatic carbocycles. The first-order valence-corrected chi connectivity index (χ1v) is 5.48. The van der Waals surface area contributed by atoms with Crippen LogP contribution < -0.4 is 5.56 Å². The zero-order valence-corrected chi connectivity index (χ0v) is 9.66. The molecule has 16 heavy (non-hydrogen) atoms. The number of H-pyrrole nitrogens is 1. The van der Waals surface area contributed by atoms with E-state index in [-0.39, 0.29) is 11.0 Å². The van der Waals surface area contributed by atoms with Crippen LogP contribution in [0.1, 0.15) is 37.0 Å². The molecule has 5 nitrogen and oxygen atoms in total. The van der Waals surface area contributed by atoms with Crippen LogP contribution in [0.2, 0.25) is 0 Å². The quantitative estimate of drug-likeness (QED) is 0.779. The Morgan fingerprint density at radius 3 is 2.62 bits per heavy atom. The molecule has 0 saturated heterocycles. The molecule has 0 radical (unpaired) electrons. The van der Waals surface area contributed by atoms with Gasteiger partial charge in [0.2, 0.25) is 5.65 Å². The molecule has 1 saturated carbocycles. The largest absolute Gasteiger partial charge is 0.321 e. The summed E-state index contributed by atoms with van der Waals surface area (Å²) in [5.41, 5.74) is 2.26. The van der Waals surface area contributed by atoms with Gasteiger partial charge in [-0.2, -0.15) is 0 Å². The van der Waals surface area contributed by atoms with Crippen LogP contribution in [0.25, 0.3) is 5.65 Å². The van der Waals surface area contributed by atoms with Crippen molar-refractivity contribution in [2.45, 2.75) is 39.0 Å². The van der Waals surface area contributed by atoms with Crippen LogP contribution in [0.15, 0.2) is 4.79 Å². The summed E-state index contributed by atoms with van der Waals surface area (Å²) in [6.07, 6.45) is 2.25. The molecule has 3 rings (SSSR count). The zero-order chi connectivity index (χ0) is 11.5. The molecular formula is C11H14N4O. The smallest absolute Gasteiger partial charge is 0.293 e. The van der Waals surface area contributed by atoms with Crippen molar-refractivity contribution in [1.29, 1.82) is 0 Å². The third-order valence-electron chi connectivity index (χ3n) is 3.59. The van der Waals surface area contributed by atoms with Gasteiger partial charge in [0, 0.05) is 16.8 Å². The molecule has 84 valence electrons. The number of hydrogen-bond acceptors (Lipinski definition) is 3. The van der Waals surface area contributed by atoms with E-state index in [0.29, 0.717) is 5.65 Å². The summed E-state index contributed by atoms with van der Waals surface area (Å²) < 4.78 is 1.90. The fraction of sp³-hybridized carbons (Fsp3) is 0.545. The van der Waals surface area contributed by atoms with Crippen molar-refractivity contribution in [1.82, 2.24) is 19.6 Å². The van der Waals surface area contributed by atoms with Crippen molar-refractivity contribution in [3.8, 4) is 0 Å². The van der Waals surface area contributed by atoms with Gasteiger partial charge in [0.15, 0.2) is 0 Å². The second-order valence-corrected chi connectivity index (χ2v) is 4.91. The van der Waals surface area contributed by atoms with Crippen molar-refractivity contribution in [2.24, 2.45) is 0 Å². The Bertz CT molecular complexity index is 633. The van der Waals surface area contributed by atoms with E-state index in [1.807, 2.05) is 18.2 Å². The Kier molecular flexibility index (Phi) is 1.63. The molecule has 0 unspecified atom stereocenters. The van der Waals surface area contributed by atoms with Gasteiger partial charge in [-0.05, 0) is 26.7 Å². The first-order chi connectivity index (χ1) is 7.53. The lowest BCUT2D eigenvalue weighted by atomic mass is 10.1. The van der Waals surface area contributed by atoms with Gasteiger partial charge in [0.25, 0.3) is 5.56 Å². The van der Waals surface area contributed by atoms with Gasteiger partial charge in [-0.3, -0.25) is 9.20 Å². The third kappa shape index (κ3) is 1.08. The minimum absolute atomic E-state index is 0.115. The highest BCUT2D eigenvalue weighted by atomic mass is 16.1. The van der Waals surface area contributed by atoms with Crippen LogP contribution >= 0.6 is 0 Å². The Balaban J connectivity index is 2.45. The van der Waals surface area contributed by atoms with E-state index >= 15 is 0 Å². The summed E-state index contributed by atoms with van der Waals surface area (Å²) in [6.45, 7) is 6.05. The molecule has 1 N–H and O–H groups in total. The van der Waals surface area contributed by atoms with E-state index in [1.165, 1.54) is 0 Å². The van der Waals surface area contributed by atoms with Gasteiger partial charge in [-0.25, -0.2) is 0 Å². The predicted molar refractivity (Wildman–Crippen MR) is 59.7 cm³/mol. The Hall–Kier alpha value is -1.65. The second kappa shape index (κ2) is 2.72. The molecular weight excluding hydrogens is 204 g/mol. The molecule has 2 aromatic heterocycles. The second-order valence-electron chi connectivity index (χ2n) is 4.91. The van der Waals surface area contributed by atoms with Crippen LogP contribution in [0.5, 0.6) is 0 Å². The molecule has 1 fully saturated rings. The number of rotatable bonds is 1. The summed E-state index contributed by atoms with van der Waals surface area (Å²) in [4.78, 5) is 14.5. The lowest BCUT2D eigenvalue weighted by Crippen LogP contribution is -2.17. The van der Waals surface area contributed by atoms with E-state index in [0.717, 1.165) is 30.1 Å². The van der Waals surface area contributed by atoms with Crippen molar-refractivity contribution >= 4 is 5.65 Å².